The Morgan fingerprint density at radius 2 is 2.12 bits per heavy atom. The van der Waals surface area contributed by atoms with Gasteiger partial charge in [0.2, 0.25) is 0 Å². The van der Waals surface area contributed by atoms with Gasteiger partial charge in [0.25, 0.3) is 0 Å². The zero-order chi connectivity index (χ0) is 13.1. The molecule has 1 aromatic carbocycles. The molecule has 0 radical (unpaired) electrons. The highest BCUT2D eigenvalue weighted by molar-refractivity contribution is 5.71. The van der Waals surface area contributed by atoms with Crippen molar-refractivity contribution in [2.24, 2.45) is 5.73 Å². The van der Waals surface area contributed by atoms with Crippen molar-refractivity contribution >= 4 is 5.97 Å². The van der Waals surface area contributed by atoms with E-state index in [1.165, 1.54) is 13.2 Å². The van der Waals surface area contributed by atoms with Gasteiger partial charge in [0.05, 0.1) is 13.5 Å². The number of carbonyl (C=O) groups excluding carboxylic acids is 1. The smallest absolute Gasteiger partial charge is 0.306 e. The van der Waals surface area contributed by atoms with Gasteiger partial charge in [0.15, 0.2) is 0 Å². The third-order valence-corrected chi connectivity index (χ3v) is 3.23. The van der Waals surface area contributed by atoms with E-state index in [4.69, 9.17) is 5.73 Å². The van der Waals surface area contributed by atoms with Gasteiger partial charge in [0, 0.05) is 11.5 Å². The number of hydrogen-bond donors (Lipinski definition) is 1. The third kappa shape index (κ3) is 2.82. The fraction of sp³-hybridized carbons (Fsp3) is 0.462. The lowest BCUT2D eigenvalue weighted by molar-refractivity contribution is -0.142. The first-order valence-electron chi connectivity index (χ1n) is 5.49. The van der Waals surface area contributed by atoms with Crippen LogP contribution >= 0.6 is 0 Å². The highest BCUT2D eigenvalue weighted by Gasteiger charge is 2.36. The van der Waals surface area contributed by atoms with Crippen molar-refractivity contribution < 1.29 is 13.9 Å². The van der Waals surface area contributed by atoms with Crippen LogP contribution in [0, 0.1) is 5.82 Å². The second-order valence-corrected chi connectivity index (χ2v) is 4.44. The summed E-state index contributed by atoms with van der Waals surface area (Å²) in [6.45, 7) is 3.53. The number of carbonyl (C=O) groups is 1. The molecule has 0 saturated carbocycles. The Morgan fingerprint density at radius 1 is 1.53 bits per heavy atom. The Bertz CT molecular complexity index is 406. The topological polar surface area (TPSA) is 52.3 Å². The van der Waals surface area contributed by atoms with Crippen LogP contribution in [0.4, 0.5) is 4.39 Å². The number of rotatable bonds is 4. The Balaban J connectivity index is 3.16. The molecule has 0 aliphatic rings. The van der Waals surface area contributed by atoms with E-state index < -0.39 is 11.4 Å². The van der Waals surface area contributed by atoms with Crippen LogP contribution in [0.3, 0.4) is 0 Å². The van der Waals surface area contributed by atoms with Crippen LogP contribution in [0.25, 0.3) is 0 Å². The van der Waals surface area contributed by atoms with Gasteiger partial charge < -0.3 is 10.5 Å². The van der Waals surface area contributed by atoms with Gasteiger partial charge in [0.1, 0.15) is 5.82 Å². The molecule has 1 aromatic rings. The van der Waals surface area contributed by atoms with Crippen LogP contribution in [0.15, 0.2) is 24.3 Å². The lowest BCUT2D eigenvalue weighted by Gasteiger charge is -2.33. The summed E-state index contributed by atoms with van der Waals surface area (Å²) in [6.07, 6.45) is 0.0576. The van der Waals surface area contributed by atoms with Crippen molar-refractivity contribution in [3.05, 3.63) is 35.6 Å². The fourth-order valence-electron chi connectivity index (χ4n) is 1.80. The molecular formula is C13H18FNO2. The minimum absolute atomic E-state index is 0.0576. The zero-order valence-corrected chi connectivity index (χ0v) is 10.4. The molecule has 0 amide bonds. The van der Waals surface area contributed by atoms with E-state index in [1.54, 1.807) is 32.0 Å². The summed E-state index contributed by atoms with van der Waals surface area (Å²) in [7, 11) is 1.31. The normalized spacial score (nSPS) is 16.1. The molecule has 2 atom stereocenters. The molecule has 0 aliphatic carbocycles. The number of ether oxygens (including phenoxy) is 1. The largest absolute Gasteiger partial charge is 0.469 e. The van der Waals surface area contributed by atoms with Gasteiger partial charge in [-0.05, 0) is 18.6 Å². The summed E-state index contributed by atoms with van der Waals surface area (Å²) in [5.41, 5.74) is 5.58. The Kier molecular flexibility index (Phi) is 4.23. The van der Waals surface area contributed by atoms with E-state index in [0.717, 1.165) is 0 Å². The molecule has 0 spiro atoms. The highest BCUT2D eigenvalue weighted by atomic mass is 19.1. The molecule has 0 aliphatic heterocycles. The second-order valence-electron chi connectivity index (χ2n) is 4.44. The van der Waals surface area contributed by atoms with Crippen molar-refractivity contribution in [2.75, 3.05) is 7.11 Å². The summed E-state index contributed by atoms with van der Waals surface area (Å²) < 4.78 is 18.4. The lowest BCUT2D eigenvalue weighted by atomic mass is 9.74. The first-order valence-corrected chi connectivity index (χ1v) is 5.49. The molecule has 94 valence electrons. The summed E-state index contributed by atoms with van der Waals surface area (Å²) >= 11 is 0. The minimum atomic E-state index is -0.765. The van der Waals surface area contributed by atoms with E-state index in [9.17, 15) is 9.18 Å². The van der Waals surface area contributed by atoms with Crippen molar-refractivity contribution in [2.45, 2.75) is 31.7 Å². The molecule has 1 rings (SSSR count). The first kappa shape index (κ1) is 13.6. The molecule has 0 bridgehead atoms. The predicted molar refractivity (Wildman–Crippen MR) is 64.0 cm³/mol. The van der Waals surface area contributed by atoms with E-state index in [2.05, 4.69) is 4.74 Å². The van der Waals surface area contributed by atoms with Crippen LogP contribution in [0.2, 0.25) is 0 Å². The van der Waals surface area contributed by atoms with Crippen molar-refractivity contribution in [3.8, 4) is 0 Å². The monoisotopic (exact) mass is 239 g/mol. The van der Waals surface area contributed by atoms with Crippen LogP contribution in [-0.4, -0.2) is 19.1 Å². The van der Waals surface area contributed by atoms with E-state index in [0.29, 0.717) is 5.56 Å². The van der Waals surface area contributed by atoms with Gasteiger partial charge >= 0.3 is 5.97 Å². The minimum Gasteiger partial charge on any atom is -0.469 e. The molecule has 4 heteroatoms. The standard InChI is InChI=1S/C13H18FNO2/c1-9(15)13(2,8-12(16)17-3)10-6-4-5-7-11(10)14/h4-7,9H,8,15H2,1-3H3. The van der Waals surface area contributed by atoms with Crippen LogP contribution in [0.1, 0.15) is 25.8 Å². The quantitative estimate of drug-likeness (QED) is 0.817. The average Bonchev–Trinajstić information content (AvgIpc) is 2.28. The van der Waals surface area contributed by atoms with E-state index in [1.807, 2.05) is 0 Å². The Labute approximate surface area is 101 Å². The molecule has 3 nitrogen and oxygen atoms in total. The first-order chi connectivity index (χ1) is 7.91. The second kappa shape index (κ2) is 5.27. The highest BCUT2D eigenvalue weighted by Crippen LogP contribution is 2.32. The van der Waals surface area contributed by atoms with Crippen LogP contribution < -0.4 is 5.73 Å². The molecule has 17 heavy (non-hydrogen) atoms. The number of halogens is 1. The molecule has 0 heterocycles. The zero-order valence-electron chi connectivity index (χ0n) is 10.4. The summed E-state index contributed by atoms with van der Waals surface area (Å²) in [6, 6.07) is 6.00. The number of hydrogen-bond acceptors (Lipinski definition) is 3. The number of benzene rings is 1. The Morgan fingerprint density at radius 3 is 2.59 bits per heavy atom. The molecule has 2 unspecified atom stereocenters. The molecule has 2 N–H and O–H groups in total. The number of esters is 1. The predicted octanol–water partition coefficient (Wildman–Crippen LogP) is 1.99. The summed E-state index contributed by atoms with van der Waals surface area (Å²) in [5.74, 6) is -0.746. The van der Waals surface area contributed by atoms with Gasteiger partial charge in [-0.15, -0.1) is 0 Å². The third-order valence-electron chi connectivity index (χ3n) is 3.23. The maximum Gasteiger partial charge on any atom is 0.306 e. The SMILES string of the molecule is COC(=O)CC(C)(c1ccccc1F)C(C)N. The van der Waals surface area contributed by atoms with Gasteiger partial charge in [-0.2, -0.15) is 0 Å². The average molecular weight is 239 g/mol. The van der Waals surface area contributed by atoms with Gasteiger partial charge in [-0.1, -0.05) is 25.1 Å². The molecular weight excluding hydrogens is 221 g/mol. The lowest BCUT2D eigenvalue weighted by Crippen LogP contribution is -2.43. The summed E-state index contributed by atoms with van der Waals surface area (Å²) in [4.78, 5) is 11.4. The van der Waals surface area contributed by atoms with Crippen molar-refractivity contribution in [3.63, 3.8) is 0 Å². The van der Waals surface area contributed by atoms with E-state index >= 15 is 0 Å². The molecule has 0 fully saturated rings. The van der Waals surface area contributed by atoms with Crippen molar-refractivity contribution in [1.82, 2.24) is 0 Å². The fourth-order valence-corrected chi connectivity index (χ4v) is 1.80. The number of nitrogens with two attached hydrogens (primary N) is 1. The molecule has 0 aromatic heterocycles. The van der Waals surface area contributed by atoms with Crippen molar-refractivity contribution in [1.29, 1.82) is 0 Å². The molecule has 0 saturated heterocycles. The van der Waals surface area contributed by atoms with Gasteiger partial charge in [-0.3, -0.25) is 4.79 Å². The maximum absolute atomic E-state index is 13.8. The van der Waals surface area contributed by atoms with Crippen LogP contribution in [-0.2, 0) is 14.9 Å². The van der Waals surface area contributed by atoms with E-state index in [-0.39, 0.29) is 18.3 Å². The van der Waals surface area contributed by atoms with Crippen LogP contribution in [0.5, 0.6) is 0 Å². The maximum atomic E-state index is 13.8. The van der Waals surface area contributed by atoms with Gasteiger partial charge in [-0.25, -0.2) is 4.39 Å². The summed E-state index contributed by atoms with van der Waals surface area (Å²) in [5, 5.41) is 0. The Hall–Kier alpha value is -1.42. The number of methoxy groups -OCH3 is 1.